The summed E-state index contributed by atoms with van der Waals surface area (Å²) in [7, 11) is 0. The Labute approximate surface area is 159 Å². The number of nitrogens with one attached hydrogen (secondary N) is 2. The first-order chi connectivity index (χ1) is 13.3. The second-order valence-electron chi connectivity index (χ2n) is 7.31. The fourth-order valence-electron chi connectivity index (χ4n) is 4.16. The van der Waals surface area contributed by atoms with Gasteiger partial charge in [-0.3, -0.25) is 4.79 Å². The van der Waals surface area contributed by atoms with Gasteiger partial charge in [0.25, 0.3) is 5.91 Å². The molecule has 0 radical (unpaired) electrons. The highest BCUT2D eigenvalue weighted by Crippen LogP contribution is 2.25. The number of nitrogens with zero attached hydrogens (tertiary/aromatic N) is 2. The molecular weight excluding hydrogens is 336 g/mol. The topological polar surface area (TPSA) is 75.7 Å². The van der Waals surface area contributed by atoms with Gasteiger partial charge in [-0.05, 0) is 37.0 Å². The molecule has 2 heterocycles. The van der Waals surface area contributed by atoms with Crippen LogP contribution in [0.15, 0.2) is 42.7 Å². The van der Waals surface area contributed by atoms with E-state index in [-0.39, 0.29) is 11.9 Å². The Morgan fingerprint density at radius 3 is 2.74 bits per heavy atom. The second-order valence-corrected chi connectivity index (χ2v) is 7.31. The lowest BCUT2D eigenvalue weighted by Crippen LogP contribution is -2.42. The van der Waals surface area contributed by atoms with Crippen LogP contribution in [-0.2, 0) is 6.42 Å². The molecule has 27 heavy (non-hydrogen) atoms. The van der Waals surface area contributed by atoms with E-state index < -0.39 is 0 Å². The third kappa shape index (κ3) is 3.61. The molecule has 138 valence electrons. The lowest BCUT2D eigenvalue weighted by molar-refractivity contribution is 0.0631. The van der Waals surface area contributed by atoms with Crippen LogP contribution in [0.25, 0.3) is 10.9 Å². The highest BCUT2D eigenvalue weighted by Gasteiger charge is 2.27. The minimum atomic E-state index is 0.00300. The van der Waals surface area contributed by atoms with Crippen molar-refractivity contribution >= 4 is 16.8 Å². The molecule has 0 spiro atoms. The van der Waals surface area contributed by atoms with Gasteiger partial charge in [0.15, 0.2) is 0 Å². The van der Waals surface area contributed by atoms with Crippen molar-refractivity contribution in [1.82, 2.24) is 14.9 Å². The van der Waals surface area contributed by atoms with Crippen LogP contribution < -0.4 is 0 Å². The van der Waals surface area contributed by atoms with Crippen molar-refractivity contribution in [3.05, 3.63) is 59.5 Å². The van der Waals surface area contributed by atoms with Crippen molar-refractivity contribution in [3.8, 4) is 6.07 Å². The Bertz CT molecular complexity index is 972. The zero-order valence-corrected chi connectivity index (χ0v) is 15.4. The lowest BCUT2D eigenvalue weighted by Gasteiger charge is -2.34. The fraction of sp³-hybridized carbons (Fsp3) is 0.364. The summed E-state index contributed by atoms with van der Waals surface area (Å²) in [6.45, 7) is 0.687. The zero-order valence-electron chi connectivity index (χ0n) is 15.4. The molecule has 1 saturated carbocycles. The van der Waals surface area contributed by atoms with Crippen molar-refractivity contribution in [2.75, 3.05) is 6.54 Å². The molecule has 2 N–H and O–H groups in total. The van der Waals surface area contributed by atoms with Crippen molar-refractivity contribution in [3.63, 3.8) is 0 Å². The first-order valence-electron chi connectivity index (χ1n) is 9.71. The van der Waals surface area contributed by atoms with Crippen molar-refractivity contribution < 1.29 is 4.79 Å². The molecule has 0 bridgehead atoms. The monoisotopic (exact) mass is 360 g/mol. The number of para-hydroxylation sites is 1. The summed E-state index contributed by atoms with van der Waals surface area (Å²) < 4.78 is 0. The summed E-state index contributed by atoms with van der Waals surface area (Å²) in [5.74, 6) is 0.00300. The average molecular weight is 360 g/mol. The molecule has 1 fully saturated rings. The number of hydrogen-bond donors (Lipinski definition) is 2. The van der Waals surface area contributed by atoms with Crippen LogP contribution >= 0.6 is 0 Å². The first-order valence-corrected chi connectivity index (χ1v) is 9.71. The number of aromatic amines is 2. The minimum absolute atomic E-state index is 0.00300. The first kappa shape index (κ1) is 17.4. The van der Waals surface area contributed by atoms with Crippen LogP contribution in [0.5, 0.6) is 0 Å². The Morgan fingerprint density at radius 1 is 1.15 bits per heavy atom. The fourth-order valence-corrected chi connectivity index (χ4v) is 4.16. The van der Waals surface area contributed by atoms with Crippen molar-refractivity contribution in [2.24, 2.45) is 0 Å². The molecule has 3 aromatic rings. The number of carbonyl (C=O) groups is 1. The molecule has 4 rings (SSSR count). The summed E-state index contributed by atoms with van der Waals surface area (Å²) in [4.78, 5) is 21.5. The van der Waals surface area contributed by atoms with Gasteiger partial charge in [0.1, 0.15) is 11.8 Å². The van der Waals surface area contributed by atoms with Gasteiger partial charge >= 0.3 is 0 Å². The number of amides is 1. The van der Waals surface area contributed by atoms with Gasteiger partial charge in [0.2, 0.25) is 0 Å². The van der Waals surface area contributed by atoms with Crippen LogP contribution in [0, 0.1) is 11.3 Å². The molecule has 2 aromatic heterocycles. The maximum atomic E-state index is 13.2. The number of benzene rings is 1. The zero-order chi connectivity index (χ0) is 18.6. The molecule has 0 aliphatic heterocycles. The molecule has 5 nitrogen and oxygen atoms in total. The van der Waals surface area contributed by atoms with Crippen LogP contribution in [-0.4, -0.2) is 33.4 Å². The lowest BCUT2D eigenvalue weighted by atomic mass is 9.93. The van der Waals surface area contributed by atoms with Crippen LogP contribution in [0.3, 0.4) is 0 Å². The SMILES string of the molecule is N#Cc1c[nH]c(C(=O)N(CCc2c[nH]c3ccccc23)C2CCCCC2)c1. The van der Waals surface area contributed by atoms with E-state index in [1.54, 1.807) is 12.3 Å². The summed E-state index contributed by atoms with van der Waals surface area (Å²) in [5.41, 5.74) is 3.38. The van der Waals surface area contributed by atoms with Crippen LogP contribution in [0.2, 0.25) is 0 Å². The molecule has 0 unspecified atom stereocenters. The normalized spacial score (nSPS) is 14.9. The Kier molecular flexibility index (Phi) is 4.97. The number of hydrogen-bond acceptors (Lipinski definition) is 2. The molecule has 1 aromatic carbocycles. The predicted octanol–water partition coefficient (Wildman–Crippen LogP) is 4.39. The van der Waals surface area contributed by atoms with Gasteiger partial charge in [-0.25, -0.2) is 0 Å². The van der Waals surface area contributed by atoms with Gasteiger partial charge in [-0.2, -0.15) is 5.26 Å². The molecule has 1 aliphatic rings. The minimum Gasteiger partial charge on any atom is -0.361 e. The van der Waals surface area contributed by atoms with Crippen molar-refractivity contribution in [1.29, 1.82) is 5.26 Å². The van der Waals surface area contributed by atoms with E-state index in [9.17, 15) is 4.79 Å². The summed E-state index contributed by atoms with van der Waals surface area (Å²) in [6, 6.07) is 12.3. The highest BCUT2D eigenvalue weighted by atomic mass is 16.2. The van der Waals surface area contributed by atoms with E-state index in [2.05, 4.69) is 34.4 Å². The summed E-state index contributed by atoms with van der Waals surface area (Å²) in [5, 5.41) is 10.3. The van der Waals surface area contributed by atoms with E-state index >= 15 is 0 Å². The second kappa shape index (κ2) is 7.71. The van der Waals surface area contributed by atoms with E-state index in [1.165, 1.54) is 30.2 Å². The molecule has 1 aliphatic carbocycles. The van der Waals surface area contributed by atoms with Crippen LogP contribution in [0.4, 0.5) is 0 Å². The quantitative estimate of drug-likeness (QED) is 0.708. The number of nitriles is 1. The number of fused-ring (bicyclic) bond motifs is 1. The van der Waals surface area contributed by atoms with Crippen molar-refractivity contribution in [2.45, 2.75) is 44.6 Å². The maximum absolute atomic E-state index is 13.2. The van der Waals surface area contributed by atoms with Gasteiger partial charge in [-0.15, -0.1) is 0 Å². The van der Waals surface area contributed by atoms with Gasteiger partial charge in [-0.1, -0.05) is 37.5 Å². The van der Waals surface area contributed by atoms with E-state index in [4.69, 9.17) is 5.26 Å². The summed E-state index contributed by atoms with van der Waals surface area (Å²) in [6.07, 6.45) is 10.2. The van der Waals surface area contributed by atoms with E-state index in [0.717, 1.165) is 24.8 Å². The molecular formula is C22H24N4O. The van der Waals surface area contributed by atoms with Gasteiger partial charge < -0.3 is 14.9 Å². The van der Waals surface area contributed by atoms with Crippen LogP contribution in [0.1, 0.15) is 53.7 Å². The highest BCUT2D eigenvalue weighted by molar-refractivity contribution is 5.93. The average Bonchev–Trinajstić information content (AvgIpc) is 3.36. The molecule has 0 saturated heterocycles. The molecule has 0 atom stereocenters. The number of H-pyrrole nitrogens is 2. The molecule has 1 amide bonds. The van der Waals surface area contributed by atoms with E-state index in [0.29, 0.717) is 17.8 Å². The Hall–Kier alpha value is -3.00. The number of aromatic nitrogens is 2. The Morgan fingerprint density at radius 2 is 1.96 bits per heavy atom. The van der Waals surface area contributed by atoms with E-state index in [1.807, 2.05) is 17.0 Å². The standard InChI is InChI=1S/C22H24N4O/c23-13-16-12-21(24-14-16)22(27)26(18-6-2-1-3-7-18)11-10-17-15-25-20-9-5-4-8-19(17)20/h4-5,8-9,12,14-15,18,24-25H,1-3,6-7,10-11H2. The smallest absolute Gasteiger partial charge is 0.270 e. The summed E-state index contributed by atoms with van der Waals surface area (Å²) >= 11 is 0. The third-order valence-corrected chi connectivity index (χ3v) is 5.62. The Balaban J connectivity index is 1.56. The molecule has 5 heteroatoms. The largest absolute Gasteiger partial charge is 0.361 e. The van der Waals surface area contributed by atoms with Gasteiger partial charge in [0.05, 0.1) is 5.56 Å². The number of rotatable bonds is 5. The third-order valence-electron chi connectivity index (χ3n) is 5.62. The van der Waals surface area contributed by atoms with Gasteiger partial charge in [0, 0.05) is 35.9 Å². The number of carbonyl (C=O) groups excluding carboxylic acids is 1. The predicted molar refractivity (Wildman–Crippen MR) is 105 cm³/mol. The maximum Gasteiger partial charge on any atom is 0.270 e.